The van der Waals surface area contributed by atoms with Crippen LogP contribution >= 0.6 is 11.6 Å². The molecule has 1 aliphatic heterocycles. The molecule has 0 saturated carbocycles. The minimum Gasteiger partial charge on any atom is -0.452 e. The number of sulfonamides is 1. The number of hydrogen-bond donors (Lipinski definition) is 0. The first-order valence-electron chi connectivity index (χ1n) is 8.78. The van der Waals surface area contributed by atoms with Gasteiger partial charge in [-0.05, 0) is 31.5 Å². The summed E-state index contributed by atoms with van der Waals surface area (Å²) in [6, 6.07) is 3.21. The number of halogens is 1. The first-order chi connectivity index (χ1) is 13.4. The summed E-state index contributed by atoms with van der Waals surface area (Å²) in [5.41, 5.74) is -0.0749. The zero-order chi connectivity index (χ0) is 22.0. The predicted octanol–water partition coefficient (Wildman–Crippen LogP) is 0.783. The molecule has 1 aromatic carbocycles. The molecule has 1 saturated heterocycles. The van der Waals surface area contributed by atoms with Crippen molar-refractivity contribution in [3.8, 4) is 0 Å². The minimum atomic E-state index is -3.87. The summed E-state index contributed by atoms with van der Waals surface area (Å²) < 4.78 is 53.9. The van der Waals surface area contributed by atoms with E-state index in [1.165, 1.54) is 31.1 Å². The molecule has 1 fully saturated rings. The van der Waals surface area contributed by atoms with Gasteiger partial charge in [0, 0.05) is 26.7 Å². The van der Waals surface area contributed by atoms with E-state index in [1.54, 1.807) is 6.92 Å². The topological polar surface area (TPSA) is 118 Å². The summed E-state index contributed by atoms with van der Waals surface area (Å²) in [4.78, 5) is 25.8. The highest BCUT2D eigenvalue weighted by molar-refractivity contribution is 7.91. The zero-order valence-corrected chi connectivity index (χ0v) is 18.7. The van der Waals surface area contributed by atoms with E-state index < -0.39 is 44.4 Å². The van der Waals surface area contributed by atoms with Gasteiger partial charge in [-0.15, -0.1) is 0 Å². The van der Waals surface area contributed by atoms with Gasteiger partial charge in [0.25, 0.3) is 5.91 Å². The Hall–Kier alpha value is -1.69. The Morgan fingerprint density at radius 2 is 1.93 bits per heavy atom. The van der Waals surface area contributed by atoms with Gasteiger partial charge in [0.15, 0.2) is 16.4 Å². The second-order valence-corrected chi connectivity index (χ2v) is 11.5. The molecule has 12 heteroatoms. The molecule has 0 spiro atoms. The fraction of sp³-hybridized carbons (Fsp3) is 0.529. The van der Waals surface area contributed by atoms with E-state index >= 15 is 0 Å². The lowest BCUT2D eigenvalue weighted by atomic mass is 10.2. The highest BCUT2D eigenvalue weighted by atomic mass is 35.5. The van der Waals surface area contributed by atoms with Crippen molar-refractivity contribution in [2.24, 2.45) is 0 Å². The van der Waals surface area contributed by atoms with Crippen molar-refractivity contribution in [1.29, 1.82) is 0 Å². The maximum absolute atomic E-state index is 12.4. The van der Waals surface area contributed by atoms with Crippen LogP contribution < -0.4 is 0 Å². The van der Waals surface area contributed by atoms with Gasteiger partial charge < -0.3 is 9.64 Å². The fourth-order valence-corrected chi connectivity index (χ4v) is 6.10. The molecule has 1 aromatic rings. The van der Waals surface area contributed by atoms with Gasteiger partial charge in [-0.2, -0.15) is 0 Å². The first-order valence-corrected chi connectivity index (χ1v) is 12.4. The Morgan fingerprint density at radius 1 is 1.28 bits per heavy atom. The van der Waals surface area contributed by atoms with Crippen molar-refractivity contribution in [3.05, 3.63) is 28.8 Å². The largest absolute Gasteiger partial charge is 0.452 e. The highest BCUT2D eigenvalue weighted by Gasteiger charge is 2.34. The van der Waals surface area contributed by atoms with Crippen LogP contribution in [0.2, 0.25) is 5.02 Å². The van der Waals surface area contributed by atoms with Crippen LogP contribution in [0.25, 0.3) is 0 Å². The van der Waals surface area contributed by atoms with Crippen LogP contribution in [0.5, 0.6) is 0 Å². The Kier molecular flexibility index (Phi) is 7.31. The lowest BCUT2D eigenvalue weighted by Crippen LogP contribution is -2.43. The van der Waals surface area contributed by atoms with E-state index in [-0.39, 0.29) is 33.5 Å². The van der Waals surface area contributed by atoms with E-state index in [0.717, 1.165) is 10.4 Å². The van der Waals surface area contributed by atoms with Crippen LogP contribution in [0.3, 0.4) is 0 Å². The third-order valence-electron chi connectivity index (χ3n) is 4.56. The number of rotatable bonds is 7. The standard InChI is InChI=1S/C17H23ClN2O7S2/c1-4-20(13-7-8-28(23,24)11-13)16(21)10-27-17(22)12-5-6-14(18)15(9-12)29(25,26)19(2)3/h5-6,9,13H,4,7-8,10-11H2,1-3H3. The number of likely N-dealkylation sites (N-methyl/N-ethyl adjacent to an activating group) is 1. The van der Waals surface area contributed by atoms with Gasteiger partial charge in [-0.25, -0.2) is 25.9 Å². The normalized spacial score (nSPS) is 18.6. The van der Waals surface area contributed by atoms with Crippen LogP contribution in [0.15, 0.2) is 23.1 Å². The van der Waals surface area contributed by atoms with Crippen LogP contribution in [0, 0.1) is 0 Å². The van der Waals surface area contributed by atoms with E-state index in [1.807, 2.05) is 0 Å². The van der Waals surface area contributed by atoms with Crippen LogP contribution in [-0.4, -0.2) is 82.7 Å². The Labute approximate surface area is 175 Å². The first kappa shape index (κ1) is 23.6. The van der Waals surface area contributed by atoms with Crippen LogP contribution in [-0.2, 0) is 29.4 Å². The maximum atomic E-state index is 12.4. The molecular formula is C17H23ClN2O7S2. The monoisotopic (exact) mass is 466 g/mol. The Bertz CT molecular complexity index is 1010. The number of esters is 1. The molecule has 0 aliphatic carbocycles. The average Bonchev–Trinajstić information content (AvgIpc) is 2.99. The minimum absolute atomic E-state index is 0.0230. The van der Waals surface area contributed by atoms with E-state index in [9.17, 15) is 26.4 Å². The zero-order valence-electron chi connectivity index (χ0n) is 16.3. The third kappa shape index (κ3) is 5.47. The number of hydrogen-bond acceptors (Lipinski definition) is 7. The van der Waals surface area contributed by atoms with Crippen molar-refractivity contribution in [2.45, 2.75) is 24.3 Å². The summed E-state index contributed by atoms with van der Waals surface area (Å²) in [6.07, 6.45) is 0.346. The van der Waals surface area contributed by atoms with E-state index in [2.05, 4.69) is 0 Å². The molecule has 1 heterocycles. The second-order valence-electron chi connectivity index (χ2n) is 6.75. The molecule has 29 heavy (non-hydrogen) atoms. The third-order valence-corrected chi connectivity index (χ3v) is 8.61. The molecule has 0 bridgehead atoms. The number of benzene rings is 1. The maximum Gasteiger partial charge on any atom is 0.338 e. The quantitative estimate of drug-likeness (QED) is 0.545. The number of carbonyl (C=O) groups is 2. The summed E-state index contributed by atoms with van der Waals surface area (Å²) >= 11 is 5.95. The summed E-state index contributed by atoms with van der Waals surface area (Å²) in [5.74, 6) is -1.49. The van der Waals surface area contributed by atoms with E-state index in [4.69, 9.17) is 16.3 Å². The molecule has 162 valence electrons. The smallest absolute Gasteiger partial charge is 0.338 e. The molecule has 2 rings (SSSR count). The second kappa shape index (κ2) is 8.99. The lowest BCUT2D eigenvalue weighted by Gasteiger charge is -2.26. The van der Waals surface area contributed by atoms with Crippen molar-refractivity contribution < 1.29 is 31.2 Å². The lowest BCUT2D eigenvalue weighted by molar-refractivity contribution is -0.136. The van der Waals surface area contributed by atoms with Gasteiger partial charge in [0.05, 0.1) is 22.1 Å². The van der Waals surface area contributed by atoms with Gasteiger partial charge in [-0.1, -0.05) is 11.6 Å². The Balaban J connectivity index is 2.10. The number of nitrogens with zero attached hydrogens (tertiary/aromatic N) is 2. The molecule has 0 N–H and O–H groups in total. The predicted molar refractivity (Wildman–Crippen MR) is 107 cm³/mol. The highest BCUT2D eigenvalue weighted by Crippen LogP contribution is 2.25. The van der Waals surface area contributed by atoms with Crippen molar-refractivity contribution in [1.82, 2.24) is 9.21 Å². The van der Waals surface area contributed by atoms with Crippen LogP contribution in [0.1, 0.15) is 23.7 Å². The van der Waals surface area contributed by atoms with Gasteiger partial charge in [-0.3, -0.25) is 4.79 Å². The number of ether oxygens (including phenoxy) is 1. The molecule has 1 atom stereocenters. The van der Waals surface area contributed by atoms with Crippen molar-refractivity contribution in [2.75, 3.05) is 38.8 Å². The number of amides is 1. The molecule has 9 nitrogen and oxygen atoms in total. The molecule has 1 aliphatic rings. The Morgan fingerprint density at radius 3 is 2.45 bits per heavy atom. The molecule has 0 radical (unpaired) electrons. The van der Waals surface area contributed by atoms with Crippen molar-refractivity contribution >= 4 is 43.3 Å². The van der Waals surface area contributed by atoms with Crippen LogP contribution in [0.4, 0.5) is 0 Å². The summed E-state index contributed by atoms with van der Waals surface area (Å²) in [6.45, 7) is 1.41. The summed E-state index contributed by atoms with van der Waals surface area (Å²) in [7, 11) is -4.37. The summed E-state index contributed by atoms with van der Waals surface area (Å²) in [5, 5.41) is -0.0501. The van der Waals surface area contributed by atoms with Gasteiger partial charge in [0.1, 0.15) is 4.90 Å². The van der Waals surface area contributed by atoms with Gasteiger partial charge >= 0.3 is 5.97 Å². The number of sulfone groups is 1. The van der Waals surface area contributed by atoms with Crippen molar-refractivity contribution in [3.63, 3.8) is 0 Å². The number of carbonyl (C=O) groups excluding carboxylic acids is 2. The van der Waals surface area contributed by atoms with E-state index in [0.29, 0.717) is 6.42 Å². The van der Waals surface area contributed by atoms with Gasteiger partial charge in [0.2, 0.25) is 10.0 Å². The molecule has 1 unspecified atom stereocenters. The molecule has 0 aromatic heterocycles. The fourth-order valence-electron chi connectivity index (χ4n) is 2.98. The molecular weight excluding hydrogens is 444 g/mol. The SMILES string of the molecule is CCN(C(=O)COC(=O)c1ccc(Cl)c(S(=O)(=O)N(C)C)c1)C1CCS(=O)(=O)C1. The molecule has 1 amide bonds. The average molecular weight is 467 g/mol.